The molecule has 0 spiro atoms. The Kier molecular flexibility index (Phi) is 5.44. The summed E-state index contributed by atoms with van der Waals surface area (Å²) >= 11 is 0. The van der Waals surface area contributed by atoms with Crippen molar-refractivity contribution in [1.82, 2.24) is 4.90 Å². The van der Waals surface area contributed by atoms with Gasteiger partial charge in [0, 0.05) is 18.2 Å². The van der Waals surface area contributed by atoms with Crippen LogP contribution in [0.3, 0.4) is 0 Å². The third kappa shape index (κ3) is 3.53. The summed E-state index contributed by atoms with van der Waals surface area (Å²) in [5, 5.41) is 10.6. The summed E-state index contributed by atoms with van der Waals surface area (Å²) in [6.45, 7) is 8.93. The molecule has 3 nitrogen and oxygen atoms in total. The van der Waals surface area contributed by atoms with Crippen LogP contribution in [-0.2, 0) is 0 Å². The van der Waals surface area contributed by atoms with Crippen molar-refractivity contribution in [2.45, 2.75) is 45.8 Å². The van der Waals surface area contributed by atoms with Gasteiger partial charge in [0.1, 0.15) is 5.75 Å². The molecule has 0 radical (unpaired) electrons. The van der Waals surface area contributed by atoms with Crippen molar-refractivity contribution in [3.63, 3.8) is 0 Å². The van der Waals surface area contributed by atoms with E-state index in [-0.39, 0.29) is 0 Å². The molecular weight excluding hydrogens is 250 g/mol. The highest BCUT2D eigenvalue weighted by molar-refractivity contribution is 5.35. The van der Waals surface area contributed by atoms with Crippen molar-refractivity contribution >= 4 is 0 Å². The van der Waals surface area contributed by atoms with E-state index in [0.29, 0.717) is 25.1 Å². The summed E-state index contributed by atoms with van der Waals surface area (Å²) in [4.78, 5) is 2.43. The molecule has 2 unspecified atom stereocenters. The largest absolute Gasteiger partial charge is 0.493 e. The first-order valence-corrected chi connectivity index (χ1v) is 7.77. The monoisotopic (exact) mass is 277 g/mol. The number of aliphatic hydroxyl groups excluding tert-OH is 1. The number of rotatable bonds is 6. The molecule has 1 saturated heterocycles. The van der Waals surface area contributed by atoms with Crippen molar-refractivity contribution in [1.29, 1.82) is 0 Å². The van der Waals surface area contributed by atoms with Crippen molar-refractivity contribution in [3.8, 4) is 5.75 Å². The molecule has 0 aliphatic carbocycles. The van der Waals surface area contributed by atoms with Crippen LogP contribution in [0, 0.1) is 5.92 Å². The Bertz CT molecular complexity index is 419. The van der Waals surface area contributed by atoms with Crippen molar-refractivity contribution < 1.29 is 9.84 Å². The SMILES string of the molecule is CCOc1ccccc1C(O)CN1CCCC1C(C)C. The first kappa shape index (κ1) is 15.3. The second-order valence-electron chi connectivity index (χ2n) is 5.94. The van der Waals surface area contributed by atoms with Crippen LogP contribution in [0.1, 0.15) is 45.3 Å². The van der Waals surface area contributed by atoms with Gasteiger partial charge in [-0.1, -0.05) is 32.0 Å². The lowest BCUT2D eigenvalue weighted by Gasteiger charge is -2.30. The second kappa shape index (κ2) is 7.09. The van der Waals surface area contributed by atoms with E-state index in [1.165, 1.54) is 12.8 Å². The minimum atomic E-state index is -0.475. The quantitative estimate of drug-likeness (QED) is 0.866. The van der Waals surface area contributed by atoms with Crippen LogP contribution in [-0.4, -0.2) is 35.7 Å². The number of nitrogens with zero attached hydrogens (tertiary/aromatic N) is 1. The molecule has 0 aromatic heterocycles. The molecule has 1 aliphatic rings. The molecule has 1 fully saturated rings. The fraction of sp³-hybridized carbons (Fsp3) is 0.647. The maximum atomic E-state index is 10.6. The predicted octanol–water partition coefficient (Wildman–Crippen LogP) is 3.24. The molecule has 2 rings (SSSR count). The molecule has 0 saturated carbocycles. The lowest BCUT2D eigenvalue weighted by atomic mass is 10.0. The van der Waals surface area contributed by atoms with Gasteiger partial charge in [-0.15, -0.1) is 0 Å². The van der Waals surface area contributed by atoms with Gasteiger partial charge in [-0.05, 0) is 38.3 Å². The summed E-state index contributed by atoms with van der Waals surface area (Å²) in [5.41, 5.74) is 0.906. The zero-order valence-corrected chi connectivity index (χ0v) is 12.9. The number of hydrogen-bond donors (Lipinski definition) is 1. The summed E-state index contributed by atoms with van der Waals surface area (Å²) < 4.78 is 5.62. The third-order valence-corrected chi connectivity index (χ3v) is 4.17. The molecule has 1 heterocycles. The van der Waals surface area contributed by atoms with Gasteiger partial charge in [-0.25, -0.2) is 0 Å². The molecular formula is C17H27NO2. The average Bonchev–Trinajstić information content (AvgIpc) is 2.88. The lowest BCUT2D eigenvalue weighted by Crippen LogP contribution is -2.36. The predicted molar refractivity (Wildman–Crippen MR) is 82.0 cm³/mol. The van der Waals surface area contributed by atoms with Crippen LogP contribution in [0.5, 0.6) is 5.75 Å². The number of para-hydroxylation sites is 1. The molecule has 0 bridgehead atoms. The van der Waals surface area contributed by atoms with Gasteiger partial charge >= 0.3 is 0 Å². The highest BCUT2D eigenvalue weighted by atomic mass is 16.5. The Morgan fingerprint density at radius 1 is 1.35 bits per heavy atom. The van der Waals surface area contributed by atoms with E-state index in [9.17, 15) is 5.11 Å². The Hall–Kier alpha value is -1.06. The summed E-state index contributed by atoms with van der Waals surface area (Å²) in [6.07, 6.45) is 2.01. The number of aliphatic hydroxyl groups is 1. The minimum absolute atomic E-state index is 0.475. The van der Waals surface area contributed by atoms with Gasteiger partial charge in [-0.2, -0.15) is 0 Å². The van der Waals surface area contributed by atoms with Gasteiger partial charge in [0.05, 0.1) is 12.7 Å². The van der Waals surface area contributed by atoms with Crippen LogP contribution in [0.25, 0.3) is 0 Å². The average molecular weight is 277 g/mol. The first-order valence-electron chi connectivity index (χ1n) is 7.77. The van der Waals surface area contributed by atoms with Crippen molar-refractivity contribution in [2.24, 2.45) is 5.92 Å². The molecule has 3 heteroatoms. The van der Waals surface area contributed by atoms with E-state index in [2.05, 4.69) is 18.7 Å². The number of hydrogen-bond acceptors (Lipinski definition) is 3. The number of likely N-dealkylation sites (tertiary alicyclic amines) is 1. The van der Waals surface area contributed by atoms with Gasteiger partial charge in [-0.3, -0.25) is 4.90 Å². The minimum Gasteiger partial charge on any atom is -0.493 e. The van der Waals surface area contributed by atoms with E-state index in [0.717, 1.165) is 17.9 Å². The van der Waals surface area contributed by atoms with Gasteiger partial charge in [0.25, 0.3) is 0 Å². The van der Waals surface area contributed by atoms with Crippen LogP contribution < -0.4 is 4.74 Å². The Balaban J connectivity index is 2.06. The number of ether oxygens (including phenoxy) is 1. The normalized spacial score (nSPS) is 21.4. The van der Waals surface area contributed by atoms with E-state index >= 15 is 0 Å². The van der Waals surface area contributed by atoms with Crippen molar-refractivity contribution in [3.05, 3.63) is 29.8 Å². The molecule has 1 aromatic carbocycles. The summed E-state index contributed by atoms with van der Waals surface area (Å²) in [5.74, 6) is 1.45. The molecule has 1 aliphatic heterocycles. The fourth-order valence-electron chi connectivity index (χ4n) is 3.20. The highest BCUT2D eigenvalue weighted by Crippen LogP contribution is 2.30. The van der Waals surface area contributed by atoms with Crippen LogP contribution >= 0.6 is 0 Å². The second-order valence-corrected chi connectivity index (χ2v) is 5.94. The standard InChI is InChI=1S/C17H27NO2/c1-4-20-17-10-6-5-8-14(17)16(19)12-18-11-7-9-15(18)13(2)3/h5-6,8,10,13,15-16,19H,4,7,9,11-12H2,1-3H3. The van der Waals surface area contributed by atoms with Crippen LogP contribution in [0.4, 0.5) is 0 Å². The Morgan fingerprint density at radius 3 is 2.80 bits per heavy atom. The number of β-amino-alcohol motifs (C(OH)–C–C–N with tert-alkyl or cyclic N) is 1. The molecule has 20 heavy (non-hydrogen) atoms. The highest BCUT2D eigenvalue weighted by Gasteiger charge is 2.29. The molecule has 2 atom stereocenters. The Labute approximate surface area is 122 Å². The number of benzene rings is 1. The van der Waals surface area contributed by atoms with Gasteiger partial charge in [0.15, 0.2) is 0 Å². The van der Waals surface area contributed by atoms with Crippen molar-refractivity contribution in [2.75, 3.05) is 19.7 Å². The fourth-order valence-corrected chi connectivity index (χ4v) is 3.20. The van der Waals surface area contributed by atoms with E-state index in [4.69, 9.17) is 4.74 Å². The smallest absolute Gasteiger partial charge is 0.125 e. The summed E-state index contributed by atoms with van der Waals surface area (Å²) in [7, 11) is 0. The first-order chi connectivity index (χ1) is 9.63. The molecule has 1 aromatic rings. The summed E-state index contributed by atoms with van der Waals surface area (Å²) in [6, 6.07) is 8.42. The van der Waals surface area contributed by atoms with Crippen LogP contribution in [0.15, 0.2) is 24.3 Å². The molecule has 0 amide bonds. The molecule has 112 valence electrons. The van der Waals surface area contributed by atoms with Crippen LogP contribution in [0.2, 0.25) is 0 Å². The van der Waals surface area contributed by atoms with E-state index in [1.807, 2.05) is 31.2 Å². The maximum absolute atomic E-state index is 10.6. The van der Waals surface area contributed by atoms with Gasteiger partial charge < -0.3 is 9.84 Å². The molecule has 1 N–H and O–H groups in total. The Morgan fingerprint density at radius 2 is 2.10 bits per heavy atom. The third-order valence-electron chi connectivity index (χ3n) is 4.17. The van der Waals surface area contributed by atoms with E-state index < -0.39 is 6.10 Å². The maximum Gasteiger partial charge on any atom is 0.125 e. The van der Waals surface area contributed by atoms with E-state index in [1.54, 1.807) is 0 Å². The zero-order chi connectivity index (χ0) is 14.5. The topological polar surface area (TPSA) is 32.7 Å². The van der Waals surface area contributed by atoms with Gasteiger partial charge in [0.2, 0.25) is 0 Å². The lowest BCUT2D eigenvalue weighted by molar-refractivity contribution is 0.0916. The zero-order valence-electron chi connectivity index (χ0n) is 12.9.